The van der Waals surface area contributed by atoms with Crippen molar-refractivity contribution in [3.05, 3.63) is 28.0 Å². The molecule has 0 radical (unpaired) electrons. The topological polar surface area (TPSA) is 58.2 Å². The minimum Gasteiger partial charge on any atom is -0.352 e. The van der Waals surface area contributed by atoms with Gasteiger partial charge in [-0.15, -0.1) is 0 Å². The van der Waals surface area contributed by atoms with Gasteiger partial charge in [0.05, 0.1) is 0 Å². The van der Waals surface area contributed by atoms with E-state index in [2.05, 4.69) is 38.3 Å². The average molecular weight is 337 g/mol. The summed E-state index contributed by atoms with van der Waals surface area (Å²) in [7, 11) is 0. The Bertz CT molecular complexity index is 491. The molecule has 128 valence electrons. The van der Waals surface area contributed by atoms with Crippen LogP contribution in [0.1, 0.15) is 46.1 Å². The molecule has 0 saturated carbocycles. The molecule has 0 spiro atoms. The highest BCUT2D eigenvalue weighted by Gasteiger charge is 2.18. The Hall–Kier alpha value is -1.62. The van der Waals surface area contributed by atoms with E-state index in [0.29, 0.717) is 24.9 Å². The molecule has 0 aliphatic heterocycles. The van der Waals surface area contributed by atoms with Gasteiger partial charge in [-0.2, -0.15) is 11.3 Å². The van der Waals surface area contributed by atoms with Crippen molar-refractivity contribution in [1.29, 1.82) is 0 Å². The summed E-state index contributed by atoms with van der Waals surface area (Å²) in [6.45, 7) is 9.58. The third-order valence-corrected chi connectivity index (χ3v) is 4.06. The minimum absolute atomic E-state index is 0.177. The molecule has 0 unspecified atom stereocenters. The van der Waals surface area contributed by atoms with Gasteiger partial charge in [-0.1, -0.05) is 27.7 Å². The number of hydrogen-bond donors (Lipinski definition) is 2. The van der Waals surface area contributed by atoms with Crippen molar-refractivity contribution in [2.75, 3.05) is 13.1 Å². The first kappa shape index (κ1) is 19.4. The molecule has 0 aliphatic carbocycles. The van der Waals surface area contributed by atoms with Crippen molar-refractivity contribution in [2.45, 2.75) is 40.5 Å². The molecule has 23 heavy (non-hydrogen) atoms. The van der Waals surface area contributed by atoms with E-state index in [1.54, 1.807) is 17.4 Å². The van der Waals surface area contributed by atoms with Crippen LogP contribution < -0.4 is 10.6 Å². The monoisotopic (exact) mass is 336 g/mol. The highest BCUT2D eigenvalue weighted by atomic mass is 32.1. The second-order valence-corrected chi connectivity index (χ2v) is 7.27. The van der Waals surface area contributed by atoms with Gasteiger partial charge in [0, 0.05) is 13.1 Å². The average Bonchev–Trinajstić information content (AvgIpc) is 2.96. The third-order valence-electron chi connectivity index (χ3n) is 3.36. The van der Waals surface area contributed by atoms with E-state index < -0.39 is 0 Å². The van der Waals surface area contributed by atoms with Crippen LogP contribution in [-0.2, 0) is 9.59 Å². The van der Waals surface area contributed by atoms with E-state index in [9.17, 15) is 9.59 Å². The summed E-state index contributed by atoms with van der Waals surface area (Å²) in [5.41, 5.74) is 1.05. The van der Waals surface area contributed by atoms with Crippen LogP contribution >= 0.6 is 11.3 Å². The molecule has 0 aromatic carbocycles. The SMILES string of the molecule is CC(C)CCNC(=O)C(=Cc1ccsc1)C(=O)NCCC(C)C. The van der Waals surface area contributed by atoms with Crippen LogP contribution in [0.2, 0.25) is 0 Å². The molecule has 1 aromatic heterocycles. The van der Waals surface area contributed by atoms with E-state index in [0.717, 1.165) is 18.4 Å². The Labute approximate surface area is 143 Å². The molecule has 0 aliphatic rings. The molecule has 2 N–H and O–H groups in total. The standard InChI is InChI=1S/C18H28N2O2S/c1-13(2)5-8-19-17(21)16(11-15-7-10-23-12-15)18(22)20-9-6-14(3)4/h7,10-14H,5-6,8-9H2,1-4H3,(H,19,21)(H,20,22). The Kier molecular flexibility index (Phi) is 8.62. The normalized spacial score (nSPS) is 10.7. The molecule has 1 aromatic rings. The number of carbonyl (C=O) groups is 2. The van der Waals surface area contributed by atoms with Crippen molar-refractivity contribution < 1.29 is 9.59 Å². The van der Waals surface area contributed by atoms with Crippen LogP contribution in [0.5, 0.6) is 0 Å². The zero-order chi connectivity index (χ0) is 17.2. The summed E-state index contributed by atoms with van der Waals surface area (Å²) in [6.07, 6.45) is 3.45. The third kappa shape index (κ3) is 7.98. The second kappa shape index (κ2) is 10.2. The van der Waals surface area contributed by atoms with E-state index in [1.165, 1.54) is 0 Å². The highest BCUT2D eigenvalue weighted by molar-refractivity contribution is 7.08. The molecule has 1 heterocycles. The number of hydrogen-bond acceptors (Lipinski definition) is 3. The molecule has 5 heteroatoms. The van der Waals surface area contributed by atoms with Crippen LogP contribution in [0, 0.1) is 11.8 Å². The first-order valence-electron chi connectivity index (χ1n) is 8.20. The van der Waals surface area contributed by atoms with Crippen molar-refractivity contribution in [1.82, 2.24) is 10.6 Å². The van der Waals surface area contributed by atoms with E-state index in [1.807, 2.05) is 16.8 Å². The quantitative estimate of drug-likeness (QED) is 0.412. The smallest absolute Gasteiger partial charge is 0.256 e. The van der Waals surface area contributed by atoms with Crippen LogP contribution in [0.3, 0.4) is 0 Å². The van der Waals surface area contributed by atoms with Gasteiger partial charge in [-0.25, -0.2) is 0 Å². The minimum atomic E-state index is -0.307. The fourth-order valence-electron chi connectivity index (χ4n) is 1.90. The Morgan fingerprint density at radius 2 is 1.57 bits per heavy atom. The maximum atomic E-state index is 12.4. The van der Waals surface area contributed by atoms with E-state index in [4.69, 9.17) is 0 Å². The van der Waals surface area contributed by atoms with E-state index >= 15 is 0 Å². The summed E-state index contributed by atoms with van der Waals surface area (Å²) in [5, 5.41) is 9.53. The van der Waals surface area contributed by atoms with Gasteiger partial charge in [0.25, 0.3) is 11.8 Å². The van der Waals surface area contributed by atoms with Crippen molar-refractivity contribution in [2.24, 2.45) is 11.8 Å². The van der Waals surface area contributed by atoms with Gasteiger partial charge in [0.15, 0.2) is 0 Å². The fraction of sp³-hybridized carbons (Fsp3) is 0.556. The fourth-order valence-corrected chi connectivity index (χ4v) is 2.52. The highest BCUT2D eigenvalue weighted by Crippen LogP contribution is 2.12. The summed E-state index contributed by atoms with van der Waals surface area (Å²) >= 11 is 1.54. The van der Waals surface area contributed by atoms with Crippen molar-refractivity contribution in [3.63, 3.8) is 0 Å². The predicted octanol–water partition coefficient (Wildman–Crippen LogP) is 3.46. The zero-order valence-electron chi connectivity index (χ0n) is 14.5. The zero-order valence-corrected chi connectivity index (χ0v) is 15.3. The maximum Gasteiger partial charge on any atom is 0.256 e. The lowest BCUT2D eigenvalue weighted by atomic mass is 10.1. The maximum absolute atomic E-state index is 12.4. The number of thiophene rings is 1. The van der Waals surface area contributed by atoms with E-state index in [-0.39, 0.29) is 17.4 Å². The van der Waals surface area contributed by atoms with Gasteiger partial charge in [-0.05, 0) is 53.1 Å². The molecule has 0 fully saturated rings. The van der Waals surface area contributed by atoms with Gasteiger partial charge in [0.1, 0.15) is 5.57 Å². The van der Waals surface area contributed by atoms with Gasteiger partial charge >= 0.3 is 0 Å². The summed E-state index contributed by atoms with van der Waals surface area (Å²) < 4.78 is 0. The number of carbonyl (C=O) groups excluding carboxylic acids is 2. The Balaban J connectivity index is 2.73. The summed E-state index contributed by atoms with van der Waals surface area (Å²) in [6, 6.07) is 1.90. The predicted molar refractivity (Wildman–Crippen MR) is 97.2 cm³/mol. The molecule has 4 nitrogen and oxygen atoms in total. The lowest BCUT2D eigenvalue weighted by molar-refractivity contribution is -0.123. The largest absolute Gasteiger partial charge is 0.352 e. The Morgan fingerprint density at radius 3 is 1.96 bits per heavy atom. The molecular formula is C18H28N2O2S. The number of rotatable bonds is 9. The molecule has 0 bridgehead atoms. The first-order chi connectivity index (χ1) is 10.9. The van der Waals surface area contributed by atoms with Crippen LogP contribution in [0.25, 0.3) is 6.08 Å². The van der Waals surface area contributed by atoms with Crippen molar-refractivity contribution in [3.8, 4) is 0 Å². The van der Waals surface area contributed by atoms with Crippen molar-refractivity contribution >= 4 is 29.2 Å². The van der Waals surface area contributed by atoms with Crippen LogP contribution in [-0.4, -0.2) is 24.9 Å². The molecule has 2 amide bonds. The van der Waals surface area contributed by atoms with Gasteiger partial charge < -0.3 is 10.6 Å². The summed E-state index contributed by atoms with van der Waals surface area (Å²) in [4.78, 5) is 24.7. The lowest BCUT2D eigenvalue weighted by Gasteiger charge is -2.11. The second-order valence-electron chi connectivity index (χ2n) is 6.49. The molecule has 0 saturated heterocycles. The van der Waals surface area contributed by atoms with Gasteiger partial charge in [-0.3, -0.25) is 9.59 Å². The summed E-state index contributed by atoms with van der Waals surface area (Å²) in [5.74, 6) is 0.414. The van der Waals surface area contributed by atoms with Crippen LogP contribution in [0.15, 0.2) is 22.4 Å². The Morgan fingerprint density at radius 1 is 1.04 bits per heavy atom. The van der Waals surface area contributed by atoms with Crippen LogP contribution in [0.4, 0.5) is 0 Å². The number of nitrogens with one attached hydrogen (secondary N) is 2. The number of amides is 2. The lowest BCUT2D eigenvalue weighted by Crippen LogP contribution is -2.36. The first-order valence-corrected chi connectivity index (χ1v) is 9.14. The molecule has 0 atom stereocenters. The van der Waals surface area contributed by atoms with Gasteiger partial charge in [0.2, 0.25) is 0 Å². The molecule has 1 rings (SSSR count). The molecular weight excluding hydrogens is 308 g/mol.